The van der Waals surface area contributed by atoms with Gasteiger partial charge < -0.3 is 0 Å². The summed E-state index contributed by atoms with van der Waals surface area (Å²) in [6.45, 7) is 0. The van der Waals surface area contributed by atoms with E-state index in [2.05, 4.69) is 20.9 Å². The molecule has 0 radical (unpaired) electrons. The average molecular weight is 328 g/mol. The monoisotopic (exact) mass is 327 g/mol. The van der Waals surface area contributed by atoms with Crippen LogP contribution in [0.4, 0.5) is 17.6 Å². The van der Waals surface area contributed by atoms with Crippen molar-refractivity contribution in [2.45, 2.75) is 6.18 Å². The molecule has 1 aromatic carbocycles. The lowest BCUT2D eigenvalue weighted by molar-refractivity contribution is -0.140. The highest BCUT2D eigenvalue weighted by molar-refractivity contribution is 9.10. The first-order valence-electron chi connectivity index (χ1n) is 4.31. The number of halogens is 6. The van der Waals surface area contributed by atoms with Crippen LogP contribution in [0.25, 0.3) is 10.9 Å². The molecule has 0 fully saturated rings. The molecule has 0 aliphatic rings. The van der Waals surface area contributed by atoms with Gasteiger partial charge in [-0.05, 0) is 28.1 Å². The van der Waals surface area contributed by atoms with Crippen molar-refractivity contribution in [3.63, 3.8) is 0 Å². The second-order valence-electron chi connectivity index (χ2n) is 3.27. The predicted molar refractivity (Wildman–Crippen MR) is 59.4 cm³/mol. The Morgan fingerprint density at radius 1 is 1.18 bits per heavy atom. The van der Waals surface area contributed by atoms with Gasteiger partial charge in [-0.25, -0.2) is 9.37 Å². The van der Waals surface area contributed by atoms with E-state index in [1.807, 2.05) is 0 Å². The largest absolute Gasteiger partial charge is 0.433 e. The second-order valence-corrected chi connectivity index (χ2v) is 4.53. The number of hydrogen-bond donors (Lipinski definition) is 0. The van der Waals surface area contributed by atoms with Crippen molar-refractivity contribution in [3.05, 3.63) is 39.2 Å². The van der Waals surface area contributed by atoms with E-state index in [-0.39, 0.29) is 20.4 Å². The second kappa shape index (κ2) is 4.10. The summed E-state index contributed by atoms with van der Waals surface area (Å²) in [5, 5.41) is 0.135. The van der Waals surface area contributed by atoms with Gasteiger partial charge in [-0.1, -0.05) is 11.6 Å². The van der Waals surface area contributed by atoms with Gasteiger partial charge in [0.2, 0.25) is 0 Å². The van der Waals surface area contributed by atoms with Crippen molar-refractivity contribution < 1.29 is 17.6 Å². The maximum atomic E-state index is 13.2. The number of alkyl halides is 3. The number of nitrogens with zero attached hydrogens (tertiary/aromatic N) is 1. The quantitative estimate of drug-likeness (QED) is 0.633. The molecule has 90 valence electrons. The van der Waals surface area contributed by atoms with Gasteiger partial charge in [0.15, 0.2) is 0 Å². The summed E-state index contributed by atoms with van der Waals surface area (Å²) < 4.78 is 50.7. The maximum absolute atomic E-state index is 13.2. The van der Waals surface area contributed by atoms with E-state index in [0.717, 1.165) is 6.07 Å². The standard InChI is InChI=1S/C10H3BrClF4N/c11-5-1-4-6(12)2-9(10(14,15)16)17-8(4)3-7(5)13/h1-3H. The minimum absolute atomic E-state index is 0.119. The fourth-order valence-electron chi connectivity index (χ4n) is 1.33. The molecule has 17 heavy (non-hydrogen) atoms. The fourth-order valence-corrected chi connectivity index (χ4v) is 1.92. The van der Waals surface area contributed by atoms with Crippen LogP contribution in [0.5, 0.6) is 0 Å². The number of benzene rings is 1. The van der Waals surface area contributed by atoms with Gasteiger partial charge in [0.1, 0.15) is 11.5 Å². The minimum Gasteiger partial charge on any atom is -0.243 e. The third-order valence-corrected chi connectivity index (χ3v) is 3.01. The normalized spacial score (nSPS) is 12.1. The molecule has 0 unspecified atom stereocenters. The van der Waals surface area contributed by atoms with Crippen LogP contribution in [-0.2, 0) is 6.18 Å². The van der Waals surface area contributed by atoms with Crippen molar-refractivity contribution in [3.8, 4) is 0 Å². The van der Waals surface area contributed by atoms with Crippen LogP contribution in [0.1, 0.15) is 5.69 Å². The Morgan fingerprint density at radius 3 is 2.41 bits per heavy atom. The van der Waals surface area contributed by atoms with Gasteiger partial charge in [-0.3, -0.25) is 0 Å². The van der Waals surface area contributed by atoms with E-state index in [9.17, 15) is 17.6 Å². The summed E-state index contributed by atoms with van der Waals surface area (Å²) in [6, 6.07) is 2.91. The van der Waals surface area contributed by atoms with Crippen molar-refractivity contribution >= 4 is 38.4 Å². The lowest BCUT2D eigenvalue weighted by Crippen LogP contribution is -2.08. The Labute approximate surface area is 107 Å². The Kier molecular flexibility index (Phi) is 3.03. The molecule has 0 amide bonds. The summed E-state index contributed by atoms with van der Waals surface area (Å²) in [4.78, 5) is 3.34. The molecule has 2 aromatic rings. The number of aromatic nitrogens is 1. The molecule has 1 nitrogen and oxygen atoms in total. The zero-order chi connectivity index (χ0) is 12.8. The van der Waals surface area contributed by atoms with Crippen molar-refractivity contribution in [1.82, 2.24) is 4.98 Å². The molecule has 1 heterocycles. The summed E-state index contributed by atoms with van der Waals surface area (Å²) >= 11 is 8.63. The van der Waals surface area contributed by atoms with Gasteiger partial charge in [0, 0.05) is 11.5 Å². The highest BCUT2D eigenvalue weighted by Crippen LogP contribution is 2.34. The lowest BCUT2D eigenvalue weighted by Gasteiger charge is -2.09. The Bertz CT molecular complexity index is 597. The molecule has 7 heteroatoms. The lowest BCUT2D eigenvalue weighted by atomic mass is 10.2. The fraction of sp³-hybridized carbons (Fsp3) is 0.100. The molecule has 0 spiro atoms. The van der Waals surface area contributed by atoms with Crippen LogP contribution in [0.15, 0.2) is 22.7 Å². The van der Waals surface area contributed by atoms with Crippen LogP contribution in [-0.4, -0.2) is 4.98 Å². The molecule has 0 aliphatic carbocycles. The van der Waals surface area contributed by atoms with Crippen LogP contribution < -0.4 is 0 Å². The molecule has 2 rings (SSSR count). The van der Waals surface area contributed by atoms with E-state index in [0.29, 0.717) is 6.07 Å². The zero-order valence-electron chi connectivity index (χ0n) is 7.95. The molecule has 0 saturated heterocycles. The smallest absolute Gasteiger partial charge is 0.243 e. The first kappa shape index (κ1) is 12.6. The van der Waals surface area contributed by atoms with E-state index < -0.39 is 17.7 Å². The van der Waals surface area contributed by atoms with E-state index in [1.165, 1.54) is 6.07 Å². The highest BCUT2D eigenvalue weighted by Gasteiger charge is 2.33. The Morgan fingerprint density at radius 2 is 1.82 bits per heavy atom. The molecule has 0 bridgehead atoms. The Hall–Kier alpha value is -0.880. The van der Waals surface area contributed by atoms with E-state index >= 15 is 0 Å². The van der Waals surface area contributed by atoms with Crippen LogP contribution in [0.3, 0.4) is 0 Å². The predicted octanol–water partition coefficient (Wildman–Crippen LogP) is 4.81. The number of fused-ring (bicyclic) bond motifs is 1. The minimum atomic E-state index is -4.61. The van der Waals surface area contributed by atoms with Gasteiger partial charge in [0.05, 0.1) is 15.0 Å². The van der Waals surface area contributed by atoms with Crippen molar-refractivity contribution in [2.24, 2.45) is 0 Å². The van der Waals surface area contributed by atoms with E-state index in [1.54, 1.807) is 0 Å². The molecule has 0 N–H and O–H groups in total. The van der Waals surface area contributed by atoms with Crippen LogP contribution >= 0.6 is 27.5 Å². The topological polar surface area (TPSA) is 12.9 Å². The highest BCUT2D eigenvalue weighted by atomic mass is 79.9. The number of pyridine rings is 1. The average Bonchev–Trinajstić information content (AvgIpc) is 2.19. The summed E-state index contributed by atoms with van der Waals surface area (Å²) in [5.74, 6) is -0.694. The third-order valence-electron chi connectivity index (χ3n) is 2.09. The number of rotatable bonds is 0. The van der Waals surface area contributed by atoms with Crippen molar-refractivity contribution in [2.75, 3.05) is 0 Å². The Balaban J connectivity index is 2.78. The van der Waals surface area contributed by atoms with Crippen molar-refractivity contribution in [1.29, 1.82) is 0 Å². The molecule has 0 atom stereocenters. The molecular formula is C10H3BrClF4N. The summed E-state index contributed by atoms with van der Waals surface area (Å²) in [6.07, 6.45) is -4.61. The summed E-state index contributed by atoms with van der Waals surface area (Å²) in [5.41, 5.74) is -1.28. The molecule has 1 aromatic heterocycles. The molecular weight excluding hydrogens is 325 g/mol. The first-order chi connectivity index (χ1) is 7.79. The molecule has 0 saturated carbocycles. The van der Waals surface area contributed by atoms with Gasteiger partial charge in [-0.15, -0.1) is 0 Å². The molecule has 0 aliphatic heterocycles. The van der Waals surface area contributed by atoms with Gasteiger partial charge in [-0.2, -0.15) is 13.2 Å². The zero-order valence-corrected chi connectivity index (χ0v) is 10.3. The van der Waals surface area contributed by atoms with Crippen LogP contribution in [0.2, 0.25) is 5.02 Å². The maximum Gasteiger partial charge on any atom is 0.433 e. The first-order valence-corrected chi connectivity index (χ1v) is 5.48. The van der Waals surface area contributed by atoms with Crippen LogP contribution in [0, 0.1) is 5.82 Å². The third kappa shape index (κ3) is 2.37. The van der Waals surface area contributed by atoms with E-state index in [4.69, 9.17) is 11.6 Å². The number of hydrogen-bond acceptors (Lipinski definition) is 1. The van der Waals surface area contributed by atoms with Gasteiger partial charge >= 0.3 is 6.18 Å². The summed E-state index contributed by atoms with van der Waals surface area (Å²) in [7, 11) is 0. The SMILES string of the molecule is Fc1cc2nc(C(F)(F)F)cc(Cl)c2cc1Br. The van der Waals surface area contributed by atoms with Gasteiger partial charge in [0.25, 0.3) is 0 Å².